The van der Waals surface area contributed by atoms with E-state index in [4.69, 9.17) is 4.42 Å². The number of benzene rings is 2. The molecule has 0 radical (unpaired) electrons. The van der Waals surface area contributed by atoms with Gasteiger partial charge < -0.3 is 9.15 Å². The first-order valence-electron chi connectivity index (χ1n) is 8.99. The van der Waals surface area contributed by atoms with E-state index >= 15 is 0 Å². The van der Waals surface area contributed by atoms with Gasteiger partial charge in [-0.05, 0) is 30.3 Å². The van der Waals surface area contributed by atoms with Crippen molar-refractivity contribution < 1.29 is 13.9 Å². The van der Waals surface area contributed by atoms with E-state index in [-0.39, 0.29) is 16.8 Å². The molecule has 0 saturated carbocycles. The van der Waals surface area contributed by atoms with E-state index in [1.807, 2.05) is 48.5 Å². The van der Waals surface area contributed by atoms with E-state index in [0.717, 1.165) is 11.1 Å². The zero-order chi connectivity index (χ0) is 21.1. The predicted octanol–water partition coefficient (Wildman–Crippen LogP) is 3.73. The Balaban J connectivity index is 1.97. The standard InChI is InChI=1S/C23H15N3O4/c1-29-22(27)16(13-24)11-17-14-26(18-8-3-2-4-9-18)25-21(17)19-12-15-7-5-6-10-20(15)30-23(19)28/h2-12,14H,1H3/b16-11-. The normalized spacial score (nSPS) is 11.3. The number of para-hydroxylation sites is 2. The molecule has 7 nitrogen and oxygen atoms in total. The molecule has 0 N–H and O–H groups in total. The number of fused-ring (bicyclic) bond motifs is 1. The molecule has 0 atom stereocenters. The molecule has 0 unspecified atom stereocenters. The Morgan fingerprint density at radius 3 is 2.63 bits per heavy atom. The van der Waals surface area contributed by atoms with Gasteiger partial charge in [0.15, 0.2) is 0 Å². The van der Waals surface area contributed by atoms with Gasteiger partial charge in [-0.1, -0.05) is 36.4 Å². The van der Waals surface area contributed by atoms with Crippen LogP contribution in [0.3, 0.4) is 0 Å². The molecule has 2 heterocycles. The lowest BCUT2D eigenvalue weighted by atomic mass is 10.1. The molecule has 146 valence electrons. The van der Waals surface area contributed by atoms with Crippen LogP contribution in [-0.4, -0.2) is 22.9 Å². The third kappa shape index (κ3) is 3.50. The van der Waals surface area contributed by atoms with Crippen molar-refractivity contribution in [2.75, 3.05) is 7.11 Å². The fourth-order valence-electron chi connectivity index (χ4n) is 3.04. The molecule has 0 aliphatic heterocycles. The van der Waals surface area contributed by atoms with Crippen molar-refractivity contribution >= 4 is 23.0 Å². The summed E-state index contributed by atoms with van der Waals surface area (Å²) in [4.78, 5) is 24.6. The van der Waals surface area contributed by atoms with Gasteiger partial charge in [-0.3, -0.25) is 0 Å². The molecule has 0 fully saturated rings. The predicted molar refractivity (Wildman–Crippen MR) is 111 cm³/mol. The Labute approximate surface area is 171 Å². The van der Waals surface area contributed by atoms with E-state index in [0.29, 0.717) is 11.1 Å². The largest absolute Gasteiger partial charge is 0.465 e. The first-order valence-corrected chi connectivity index (χ1v) is 8.99. The van der Waals surface area contributed by atoms with Crippen LogP contribution in [0.2, 0.25) is 0 Å². The van der Waals surface area contributed by atoms with E-state index in [1.165, 1.54) is 13.2 Å². The lowest BCUT2D eigenvalue weighted by Gasteiger charge is -2.02. The number of hydrogen-bond donors (Lipinski definition) is 0. The Morgan fingerprint density at radius 2 is 1.90 bits per heavy atom. The van der Waals surface area contributed by atoms with Crippen LogP contribution in [0.15, 0.2) is 81.6 Å². The van der Waals surface area contributed by atoms with Gasteiger partial charge in [0.2, 0.25) is 0 Å². The zero-order valence-electron chi connectivity index (χ0n) is 15.9. The number of carbonyl (C=O) groups is 1. The summed E-state index contributed by atoms with van der Waals surface area (Å²) in [5, 5.41) is 14.6. The number of ether oxygens (including phenoxy) is 1. The zero-order valence-corrected chi connectivity index (χ0v) is 15.9. The number of nitriles is 1. The monoisotopic (exact) mass is 397 g/mol. The van der Waals surface area contributed by atoms with Crippen molar-refractivity contribution in [3.63, 3.8) is 0 Å². The third-order valence-electron chi connectivity index (χ3n) is 4.49. The van der Waals surface area contributed by atoms with Gasteiger partial charge in [0, 0.05) is 17.1 Å². The average Bonchev–Trinajstić information content (AvgIpc) is 3.20. The second kappa shape index (κ2) is 7.89. The Kier molecular flexibility index (Phi) is 4.97. The molecule has 2 aromatic carbocycles. The topological polar surface area (TPSA) is 98.1 Å². The van der Waals surface area contributed by atoms with E-state index in [9.17, 15) is 14.9 Å². The summed E-state index contributed by atoms with van der Waals surface area (Å²) in [5.74, 6) is -0.776. The number of hydrogen-bond acceptors (Lipinski definition) is 6. The molecule has 0 aliphatic rings. The van der Waals surface area contributed by atoms with Crippen LogP contribution in [0.4, 0.5) is 0 Å². The summed E-state index contributed by atoms with van der Waals surface area (Å²) in [6, 6.07) is 19.9. The quantitative estimate of drug-likeness (QED) is 0.225. The molecule has 4 aromatic rings. The van der Waals surface area contributed by atoms with Crippen LogP contribution >= 0.6 is 0 Å². The van der Waals surface area contributed by atoms with Crippen LogP contribution in [0.1, 0.15) is 5.56 Å². The minimum atomic E-state index is -0.776. The van der Waals surface area contributed by atoms with Gasteiger partial charge in [0.1, 0.15) is 22.9 Å². The lowest BCUT2D eigenvalue weighted by molar-refractivity contribution is -0.135. The summed E-state index contributed by atoms with van der Waals surface area (Å²) in [5.41, 5.74) is 1.34. The molecule has 0 aliphatic carbocycles. The van der Waals surface area contributed by atoms with E-state index in [2.05, 4.69) is 9.84 Å². The molecule has 30 heavy (non-hydrogen) atoms. The number of aromatic nitrogens is 2. The van der Waals surface area contributed by atoms with Crippen molar-refractivity contribution in [2.45, 2.75) is 0 Å². The molecule has 0 amide bonds. The molecule has 2 aromatic heterocycles. The molecular weight excluding hydrogens is 382 g/mol. The Hall–Kier alpha value is -4.44. The second-order valence-corrected chi connectivity index (χ2v) is 6.36. The van der Waals surface area contributed by atoms with Gasteiger partial charge in [-0.2, -0.15) is 10.4 Å². The molecule has 0 bridgehead atoms. The van der Waals surface area contributed by atoms with E-state index in [1.54, 1.807) is 29.1 Å². The average molecular weight is 397 g/mol. The van der Waals surface area contributed by atoms with Crippen molar-refractivity contribution in [2.24, 2.45) is 0 Å². The number of carbonyl (C=O) groups excluding carboxylic acids is 1. The maximum absolute atomic E-state index is 12.7. The first-order chi connectivity index (χ1) is 14.6. The minimum Gasteiger partial charge on any atom is -0.465 e. The Bertz CT molecular complexity index is 1380. The first kappa shape index (κ1) is 18.9. The minimum absolute atomic E-state index is 0.212. The molecular formula is C23H15N3O4. The van der Waals surface area contributed by atoms with Crippen LogP contribution < -0.4 is 5.63 Å². The van der Waals surface area contributed by atoms with Gasteiger partial charge >= 0.3 is 11.6 Å². The summed E-state index contributed by atoms with van der Waals surface area (Å²) < 4.78 is 11.7. The lowest BCUT2D eigenvalue weighted by Crippen LogP contribution is -2.05. The molecule has 7 heteroatoms. The van der Waals surface area contributed by atoms with Gasteiger partial charge in [0.05, 0.1) is 18.4 Å². The maximum atomic E-state index is 12.7. The van der Waals surface area contributed by atoms with Crippen LogP contribution in [0.25, 0.3) is 34.0 Å². The summed E-state index contributed by atoms with van der Waals surface area (Å²) in [6.45, 7) is 0. The van der Waals surface area contributed by atoms with Crippen molar-refractivity contribution in [1.29, 1.82) is 5.26 Å². The summed E-state index contributed by atoms with van der Waals surface area (Å²) in [6.07, 6.45) is 2.99. The third-order valence-corrected chi connectivity index (χ3v) is 4.49. The Morgan fingerprint density at radius 1 is 1.17 bits per heavy atom. The highest BCUT2D eigenvalue weighted by atomic mass is 16.5. The molecule has 0 saturated heterocycles. The second-order valence-electron chi connectivity index (χ2n) is 6.36. The molecule has 0 spiro atoms. The van der Waals surface area contributed by atoms with Crippen LogP contribution in [0, 0.1) is 11.3 Å². The number of rotatable bonds is 4. The van der Waals surface area contributed by atoms with Gasteiger partial charge in [-0.15, -0.1) is 0 Å². The number of nitrogens with zero attached hydrogens (tertiary/aromatic N) is 3. The van der Waals surface area contributed by atoms with Crippen LogP contribution in [-0.2, 0) is 9.53 Å². The number of methoxy groups -OCH3 is 1. The van der Waals surface area contributed by atoms with Crippen molar-refractivity contribution in [1.82, 2.24) is 9.78 Å². The highest BCUT2D eigenvalue weighted by molar-refractivity contribution is 5.98. The fourth-order valence-corrected chi connectivity index (χ4v) is 3.04. The van der Waals surface area contributed by atoms with E-state index < -0.39 is 11.6 Å². The SMILES string of the molecule is COC(=O)/C(C#N)=C\c1cn(-c2ccccc2)nc1-c1cc2ccccc2oc1=O. The maximum Gasteiger partial charge on any atom is 0.348 e. The smallest absolute Gasteiger partial charge is 0.348 e. The van der Waals surface area contributed by atoms with Crippen molar-refractivity contribution in [3.05, 3.63) is 88.4 Å². The van der Waals surface area contributed by atoms with Gasteiger partial charge in [-0.25, -0.2) is 14.3 Å². The van der Waals surface area contributed by atoms with Gasteiger partial charge in [0.25, 0.3) is 0 Å². The molecule has 4 rings (SSSR count). The number of esters is 1. The summed E-state index contributed by atoms with van der Waals surface area (Å²) in [7, 11) is 1.19. The van der Waals surface area contributed by atoms with Crippen LogP contribution in [0.5, 0.6) is 0 Å². The highest BCUT2D eigenvalue weighted by Crippen LogP contribution is 2.26. The fraction of sp³-hybridized carbons (Fsp3) is 0.0435. The van der Waals surface area contributed by atoms with Crippen molar-refractivity contribution in [3.8, 4) is 23.0 Å². The summed E-state index contributed by atoms with van der Waals surface area (Å²) >= 11 is 0. The highest BCUT2D eigenvalue weighted by Gasteiger charge is 2.18.